The first-order chi connectivity index (χ1) is 16.8. The summed E-state index contributed by atoms with van der Waals surface area (Å²) < 4.78 is 26.5. The van der Waals surface area contributed by atoms with Gasteiger partial charge in [0.1, 0.15) is 12.6 Å². The van der Waals surface area contributed by atoms with Crippen LogP contribution in [0.3, 0.4) is 0 Å². The van der Waals surface area contributed by atoms with Gasteiger partial charge in [-0.05, 0) is 61.6 Å². The molecule has 0 aliphatic rings. The van der Waals surface area contributed by atoms with Crippen molar-refractivity contribution in [3.63, 3.8) is 0 Å². The van der Waals surface area contributed by atoms with Crippen molar-refractivity contribution < 1.29 is 18.0 Å². The molecule has 0 saturated carbocycles. The Balaban J connectivity index is 2.50. The Kier molecular flexibility index (Phi) is 10.6. The number of rotatable bonds is 11. The van der Waals surface area contributed by atoms with Gasteiger partial charge in [0.05, 0.1) is 11.9 Å². The van der Waals surface area contributed by atoms with Gasteiger partial charge in [-0.25, -0.2) is 8.42 Å². The third kappa shape index (κ3) is 7.85. The van der Waals surface area contributed by atoms with Crippen LogP contribution >= 0.6 is 23.2 Å². The fraction of sp³-hybridized carbons (Fsp3) is 0.462. The highest BCUT2D eigenvalue weighted by Gasteiger charge is 2.32. The largest absolute Gasteiger partial charge is 0.354 e. The second-order valence-electron chi connectivity index (χ2n) is 9.32. The minimum atomic E-state index is -3.81. The molecule has 0 heterocycles. The number of carbonyl (C=O) groups is 2. The van der Waals surface area contributed by atoms with Gasteiger partial charge in [0.25, 0.3) is 0 Å². The maximum atomic E-state index is 13.7. The number of sulfonamides is 1. The number of amides is 2. The number of nitrogens with zero attached hydrogens (tertiary/aromatic N) is 2. The van der Waals surface area contributed by atoms with Crippen LogP contribution in [0.15, 0.2) is 36.4 Å². The predicted molar refractivity (Wildman–Crippen MR) is 147 cm³/mol. The van der Waals surface area contributed by atoms with Crippen LogP contribution in [0.4, 0.5) is 5.69 Å². The maximum absolute atomic E-state index is 13.7. The van der Waals surface area contributed by atoms with E-state index in [1.165, 1.54) is 4.90 Å². The van der Waals surface area contributed by atoms with Crippen molar-refractivity contribution in [2.24, 2.45) is 5.92 Å². The SMILES string of the molecule is CC[C@H](C(=O)NCC(C)C)N(Cc1c(Cl)cccc1Cl)C(=O)CN(c1ccc(C)c(C)c1)S(C)(=O)=O. The highest BCUT2D eigenvalue weighted by atomic mass is 35.5. The van der Waals surface area contributed by atoms with E-state index < -0.39 is 28.5 Å². The maximum Gasteiger partial charge on any atom is 0.244 e. The summed E-state index contributed by atoms with van der Waals surface area (Å²) in [4.78, 5) is 28.2. The Morgan fingerprint density at radius 2 is 1.64 bits per heavy atom. The lowest BCUT2D eigenvalue weighted by Gasteiger charge is -2.33. The molecule has 0 spiro atoms. The predicted octanol–water partition coefficient (Wildman–Crippen LogP) is 4.96. The van der Waals surface area contributed by atoms with Crippen LogP contribution in [0.25, 0.3) is 0 Å². The molecular formula is C26H35Cl2N3O4S. The molecule has 0 aromatic heterocycles. The first-order valence-corrected chi connectivity index (χ1v) is 14.4. The number of nitrogens with one attached hydrogen (secondary N) is 1. The molecular weight excluding hydrogens is 521 g/mol. The fourth-order valence-electron chi connectivity index (χ4n) is 3.69. The molecule has 1 N–H and O–H groups in total. The number of anilines is 1. The second kappa shape index (κ2) is 12.8. The first-order valence-electron chi connectivity index (χ1n) is 11.8. The molecule has 2 aromatic carbocycles. The minimum absolute atomic E-state index is 0.0462. The van der Waals surface area contributed by atoms with E-state index >= 15 is 0 Å². The van der Waals surface area contributed by atoms with Crippen molar-refractivity contribution >= 4 is 50.7 Å². The van der Waals surface area contributed by atoms with Crippen LogP contribution in [0.5, 0.6) is 0 Å². The molecule has 2 rings (SSSR count). The molecule has 0 radical (unpaired) electrons. The number of halogens is 2. The Labute approximate surface area is 224 Å². The fourth-order valence-corrected chi connectivity index (χ4v) is 5.05. The summed E-state index contributed by atoms with van der Waals surface area (Å²) in [6.07, 6.45) is 1.37. The van der Waals surface area contributed by atoms with Crippen molar-refractivity contribution in [1.29, 1.82) is 0 Å². The quantitative estimate of drug-likeness (QED) is 0.424. The highest BCUT2D eigenvalue weighted by molar-refractivity contribution is 7.92. The third-order valence-electron chi connectivity index (χ3n) is 5.92. The van der Waals surface area contributed by atoms with Crippen molar-refractivity contribution in [3.8, 4) is 0 Å². The van der Waals surface area contributed by atoms with E-state index in [1.54, 1.807) is 37.3 Å². The molecule has 0 fully saturated rings. The Morgan fingerprint density at radius 3 is 2.14 bits per heavy atom. The zero-order valence-corrected chi connectivity index (χ0v) is 24.0. The van der Waals surface area contributed by atoms with Crippen molar-refractivity contribution in [3.05, 3.63) is 63.1 Å². The molecule has 0 saturated heterocycles. The van der Waals surface area contributed by atoms with Crippen LogP contribution in [0.2, 0.25) is 10.0 Å². The molecule has 198 valence electrons. The Hall–Kier alpha value is -2.29. The molecule has 1 atom stereocenters. The summed E-state index contributed by atoms with van der Waals surface area (Å²) in [5.41, 5.74) is 2.76. The van der Waals surface area contributed by atoms with E-state index in [0.717, 1.165) is 21.7 Å². The Morgan fingerprint density at radius 1 is 1.03 bits per heavy atom. The van der Waals surface area contributed by atoms with Gasteiger partial charge >= 0.3 is 0 Å². The topological polar surface area (TPSA) is 86.8 Å². The van der Waals surface area contributed by atoms with Gasteiger partial charge < -0.3 is 10.2 Å². The molecule has 36 heavy (non-hydrogen) atoms. The van der Waals surface area contributed by atoms with Gasteiger partial charge in [0.2, 0.25) is 21.8 Å². The van der Waals surface area contributed by atoms with E-state index in [4.69, 9.17) is 23.2 Å². The molecule has 10 heteroatoms. The normalized spacial score (nSPS) is 12.4. The lowest BCUT2D eigenvalue weighted by atomic mass is 10.1. The zero-order valence-electron chi connectivity index (χ0n) is 21.6. The average molecular weight is 557 g/mol. The summed E-state index contributed by atoms with van der Waals surface area (Å²) in [7, 11) is -3.81. The van der Waals surface area contributed by atoms with Gasteiger partial charge in [-0.2, -0.15) is 0 Å². The molecule has 2 amide bonds. The number of benzene rings is 2. The van der Waals surface area contributed by atoms with E-state index in [1.807, 2.05) is 33.8 Å². The average Bonchev–Trinajstić information content (AvgIpc) is 2.78. The van der Waals surface area contributed by atoms with Gasteiger partial charge in [0.15, 0.2) is 0 Å². The number of aryl methyl sites for hydroxylation is 2. The van der Waals surface area contributed by atoms with Crippen LogP contribution in [0.1, 0.15) is 43.9 Å². The summed E-state index contributed by atoms with van der Waals surface area (Å²) in [5, 5.41) is 3.59. The summed E-state index contributed by atoms with van der Waals surface area (Å²) >= 11 is 12.8. The van der Waals surface area contributed by atoms with Crippen molar-refractivity contribution in [1.82, 2.24) is 10.2 Å². The summed E-state index contributed by atoms with van der Waals surface area (Å²) in [6.45, 7) is 9.47. The van der Waals surface area contributed by atoms with E-state index in [0.29, 0.717) is 34.3 Å². The summed E-state index contributed by atoms with van der Waals surface area (Å²) in [6, 6.07) is 9.36. The van der Waals surface area contributed by atoms with E-state index in [9.17, 15) is 18.0 Å². The van der Waals surface area contributed by atoms with Crippen molar-refractivity contribution in [2.75, 3.05) is 23.7 Å². The monoisotopic (exact) mass is 555 g/mol. The van der Waals surface area contributed by atoms with E-state index in [-0.39, 0.29) is 18.4 Å². The standard InChI is InChI=1S/C26H35Cl2N3O4S/c1-7-24(26(33)29-14-17(2)3)30(15-21-22(27)9-8-10-23(21)28)25(32)16-31(36(6,34)35)20-12-11-18(4)19(5)13-20/h8-13,17,24H,7,14-16H2,1-6H3,(H,29,33)/t24-/m1/s1. The van der Waals surface area contributed by atoms with Crippen LogP contribution in [-0.2, 0) is 26.2 Å². The number of hydrogen-bond acceptors (Lipinski definition) is 4. The molecule has 0 unspecified atom stereocenters. The molecule has 7 nitrogen and oxygen atoms in total. The molecule has 0 aliphatic carbocycles. The number of carbonyl (C=O) groups excluding carboxylic acids is 2. The summed E-state index contributed by atoms with van der Waals surface area (Å²) in [5.74, 6) is -0.639. The first kappa shape index (κ1) is 29.9. The highest BCUT2D eigenvalue weighted by Crippen LogP contribution is 2.28. The molecule has 0 aliphatic heterocycles. The lowest BCUT2D eigenvalue weighted by Crippen LogP contribution is -2.52. The van der Waals surface area contributed by atoms with Gasteiger partial charge in [-0.15, -0.1) is 0 Å². The minimum Gasteiger partial charge on any atom is -0.354 e. The van der Waals surface area contributed by atoms with Crippen molar-refractivity contribution in [2.45, 2.75) is 53.6 Å². The lowest BCUT2D eigenvalue weighted by molar-refractivity contribution is -0.140. The van der Waals surface area contributed by atoms with Crippen LogP contribution in [-0.4, -0.2) is 50.5 Å². The van der Waals surface area contributed by atoms with Gasteiger partial charge in [0, 0.05) is 28.7 Å². The molecule has 0 bridgehead atoms. The van der Waals surface area contributed by atoms with Gasteiger partial charge in [-0.1, -0.05) is 56.1 Å². The Bertz CT molecular complexity index is 1180. The number of hydrogen-bond donors (Lipinski definition) is 1. The molecule has 2 aromatic rings. The van der Waals surface area contributed by atoms with Crippen LogP contribution in [0, 0.1) is 19.8 Å². The second-order valence-corrected chi connectivity index (χ2v) is 12.0. The smallest absolute Gasteiger partial charge is 0.244 e. The third-order valence-corrected chi connectivity index (χ3v) is 7.77. The zero-order chi connectivity index (χ0) is 27.2. The van der Waals surface area contributed by atoms with Crippen LogP contribution < -0.4 is 9.62 Å². The van der Waals surface area contributed by atoms with Gasteiger partial charge in [-0.3, -0.25) is 13.9 Å². The van der Waals surface area contributed by atoms with E-state index in [2.05, 4.69) is 5.32 Å².